The first-order valence-electron chi connectivity index (χ1n) is 10.8. The van der Waals surface area contributed by atoms with Crippen LogP contribution < -0.4 is 9.47 Å². The van der Waals surface area contributed by atoms with Gasteiger partial charge in [0.2, 0.25) is 0 Å². The van der Waals surface area contributed by atoms with Crippen LogP contribution in [-0.2, 0) is 4.79 Å². The molecule has 0 saturated heterocycles. The van der Waals surface area contributed by atoms with Crippen LogP contribution in [0.2, 0.25) is 0 Å². The second-order valence-corrected chi connectivity index (χ2v) is 8.66. The van der Waals surface area contributed by atoms with Gasteiger partial charge in [-0.15, -0.1) is 0 Å². The molecule has 0 bridgehead atoms. The number of hydrogen-bond acceptors (Lipinski definition) is 3. The average Bonchev–Trinajstić information content (AvgIpc) is 2.61. The van der Waals surface area contributed by atoms with Crippen LogP contribution in [0.25, 0.3) is 0 Å². The monoisotopic (exact) mass is 376 g/mol. The fourth-order valence-corrected chi connectivity index (χ4v) is 2.99. The van der Waals surface area contributed by atoms with E-state index in [0.717, 1.165) is 25.7 Å². The Bertz CT molecular complexity index is 517. The van der Waals surface area contributed by atoms with E-state index in [0.29, 0.717) is 29.9 Å². The topological polar surface area (TPSA) is 35.5 Å². The Balaban J connectivity index is 2.27. The summed E-state index contributed by atoms with van der Waals surface area (Å²) in [6.07, 6.45) is 12.2. The van der Waals surface area contributed by atoms with Crippen molar-refractivity contribution >= 4 is 5.97 Å². The van der Waals surface area contributed by atoms with Crippen LogP contribution in [0.3, 0.4) is 0 Å². The first-order chi connectivity index (χ1) is 12.9. The number of para-hydroxylation sites is 2. The highest BCUT2D eigenvalue weighted by atomic mass is 16.6. The molecule has 1 rings (SSSR count). The molecule has 3 nitrogen and oxygen atoms in total. The van der Waals surface area contributed by atoms with Gasteiger partial charge in [0.05, 0.1) is 6.61 Å². The number of hydrogen-bond donors (Lipinski definition) is 0. The molecule has 0 aliphatic carbocycles. The molecule has 0 aliphatic heterocycles. The zero-order valence-electron chi connectivity index (χ0n) is 18.0. The molecule has 1 aromatic rings. The van der Waals surface area contributed by atoms with Gasteiger partial charge >= 0.3 is 5.97 Å². The average molecular weight is 377 g/mol. The standard InChI is InChI=1S/C24H40O3/c1-5-6-7-8-9-10-11-18-23(25)27-22-17-13-12-16-21(22)26-20-15-14-19-24(2,3)4/h12-13,16-17H,5-11,14-15,18-20H2,1-4H3. The van der Waals surface area contributed by atoms with E-state index in [4.69, 9.17) is 9.47 Å². The van der Waals surface area contributed by atoms with Crippen molar-refractivity contribution in [1.29, 1.82) is 0 Å². The molecule has 27 heavy (non-hydrogen) atoms. The summed E-state index contributed by atoms with van der Waals surface area (Å²) < 4.78 is 11.4. The Labute approximate surface area is 166 Å². The van der Waals surface area contributed by atoms with Crippen LogP contribution in [0.4, 0.5) is 0 Å². The fraction of sp³-hybridized carbons (Fsp3) is 0.708. The summed E-state index contributed by atoms with van der Waals surface area (Å²) in [5, 5.41) is 0. The highest BCUT2D eigenvalue weighted by molar-refractivity contribution is 5.73. The molecule has 0 saturated carbocycles. The largest absolute Gasteiger partial charge is 0.490 e. The normalized spacial score (nSPS) is 11.4. The lowest BCUT2D eigenvalue weighted by molar-refractivity contribution is -0.134. The maximum atomic E-state index is 12.1. The molecule has 0 heterocycles. The van der Waals surface area contributed by atoms with Crippen molar-refractivity contribution in [3.05, 3.63) is 24.3 Å². The molecular formula is C24H40O3. The Morgan fingerprint density at radius 1 is 0.852 bits per heavy atom. The van der Waals surface area contributed by atoms with Gasteiger partial charge in [-0.2, -0.15) is 0 Å². The van der Waals surface area contributed by atoms with E-state index >= 15 is 0 Å². The second-order valence-electron chi connectivity index (χ2n) is 8.66. The smallest absolute Gasteiger partial charge is 0.311 e. The van der Waals surface area contributed by atoms with Crippen molar-refractivity contribution in [1.82, 2.24) is 0 Å². The number of ether oxygens (including phenoxy) is 2. The van der Waals surface area contributed by atoms with Crippen LogP contribution in [0, 0.1) is 5.41 Å². The minimum atomic E-state index is -0.160. The van der Waals surface area contributed by atoms with E-state index < -0.39 is 0 Å². The lowest BCUT2D eigenvalue weighted by Gasteiger charge is -2.17. The first kappa shape index (κ1) is 23.5. The predicted octanol–water partition coefficient (Wildman–Crippen LogP) is 7.33. The minimum Gasteiger partial charge on any atom is -0.490 e. The molecule has 0 aromatic heterocycles. The van der Waals surface area contributed by atoms with Crippen molar-refractivity contribution in [2.24, 2.45) is 5.41 Å². The quantitative estimate of drug-likeness (QED) is 0.194. The van der Waals surface area contributed by atoms with Crippen LogP contribution in [0.5, 0.6) is 11.5 Å². The molecule has 0 aliphatic rings. The summed E-state index contributed by atoms with van der Waals surface area (Å²) in [5.41, 5.74) is 0.365. The van der Waals surface area contributed by atoms with Gasteiger partial charge < -0.3 is 9.47 Å². The van der Waals surface area contributed by atoms with Crippen LogP contribution >= 0.6 is 0 Å². The van der Waals surface area contributed by atoms with E-state index in [-0.39, 0.29) is 5.97 Å². The highest BCUT2D eigenvalue weighted by Crippen LogP contribution is 2.28. The van der Waals surface area contributed by atoms with Gasteiger partial charge in [0.25, 0.3) is 0 Å². The predicted molar refractivity (Wildman–Crippen MR) is 113 cm³/mol. The molecule has 0 radical (unpaired) electrons. The first-order valence-corrected chi connectivity index (χ1v) is 10.8. The number of carbonyl (C=O) groups is 1. The van der Waals surface area contributed by atoms with E-state index in [1.807, 2.05) is 24.3 Å². The van der Waals surface area contributed by atoms with E-state index in [1.165, 1.54) is 38.5 Å². The second kappa shape index (κ2) is 13.6. The molecule has 154 valence electrons. The summed E-state index contributed by atoms with van der Waals surface area (Å²) in [6.45, 7) is 9.65. The molecule has 0 amide bonds. The van der Waals surface area contributed by atoms with E-state index in [9.17, 15) is 4.79 Å². The summed E-state index contributed by atoms with van der Waals surface area (Å²) in [6, 6.07) is 7.48. The van der Waals surface area contributed by atoms with Crippen molar-refractivity contribution in [3.8, 4) is 11.5 Å². The van der Waals surface area contributed by atoms with Crippen LogP contribution in [0.15, 0.2) is 24.3 Å². The zero-order valence-corrected chi connectivity index (χ0v) is 18.0. The molecule has 3 heteroatoms. The zero-order chi connectivity index (χ0) is 20.0. The van der Waals surface area contributed by atoms with Gasteiger partial charge in [-0.1, -0.05) is 78.4 Å². The van der Waals surface area contributed by atoms with Crippen LogP contribution in [-0.4, -0.2) is 12.6 Å². The van der Waals surface area contributed by atoms with Gasteiger partial charge in [0.15, 0.2) is 11.5 Å². The van der Waals surface area contributed by atoms with Crippen molar-refractivity contribution in [2.45, 2.75) is 98.3 Å². The third-order valence-electron chi connectivity index (χ3n) is 4.64. The lowest BCUT2D eigenvalue weighted by Crippen LogP contribution is -2.09. The number of carbonyl (C=O) groups excluding carboxylic acids is 1. The van der Waals surface area contributed by atoms with Crippen LogP contribution in [0.1, 0.15) is 98.3 Å². The Hall–Kier alpha value is -1.51. The van der Waals surface area contributed by atoms with Gasteiger partial charge in [-0.3, -0.25) is 4.79 Å². The van der Waals surface area contributed by atoms with Crippen molar-refractivity contribution in [2.75, 3.05) is 6.61 Å². The fourth-order valence-electron chi connectivity index (χ4n) is 2.99. The Morgan fingerprint density at radius 2 is 1.48 bits per heavy atom. The number of rotatable bonds is 14. The van der Waals surface area contributed by atoms with Crippen molar-refractivity contribution < 1.29 is 14.3 Å². The molecular weight excluding hydrogens is 336 g/mol. The summed E-state index contributed by atoms with van der Waals surface area (Å²) in [5.74, 6) is 1.05. The minimum absolute atomic E-state index is 0.160. The van der Waals surface area contributed by atoms with E-state index in [1.54, 1.807) is 0 Å². The van der Waals surface area contributed by atoms with Crippen molar-refractivity contribution in [3.63, 3.8) is 0 Å². The highest BCUT2D eigenvalue weighted by Gasteiger charge is 2.11. The third-order valence-corrected chi connectivity index (χ3v) is 4.64. The SMILES string of the molecule is CCCCCCCCCC(=O)Oc1ccccc1OCCCCC(C)(C)C. The molecule has 0 unspecified atom stereocenters. The maximum Gasteiger partial charge on any atom is 0.311 e. The maximum absolute atomic E-state index is 12.1. The number of unbranched alkanes of at least 4 members (excludes halogenated alkanes) is 7. The molecule has 0 spiro atoms. The molecule has 0 fully saturated rings. The number of benzene rings is 1. The summed E-state index contributed by atoms with van der Waals surface area (Å²) in [4.78, 5) is 12.1. The number of esters is 1. The summed E-state index contributed by atoms with van der Waals surface area (Å²) >= 11 is 0. The molecule has 1 aromatic carbocycles. The van der Waals surface area contributed by atoms with E-state index in [2.05, 4.69) is 27.7 Å². The lowest BCUT2D eigenvalue weighted by atomic mass is 9.90. The van der Waals surface area contributed by atoms with Gasteiger partial charge in [0.1, 0.15) is 0 Å². The molecule has 0 N–H and O–H groups in total. The third kappa shape index (κ3) is 12.5. The molecule has 0 atom stereocenters. The van der Waals surface area contributed by atoms with Gasteiger partial charge in [0, 0.05) is 6.42 Å². The van der Waals surface area contributed by atoms with Gasteiger partial charge in [-0.05, 0) is 43.2 Å². The summed E-state index contributed by atoms with van der Waals surface area (Å²) in [7, 11) is 0. The Morgan fingerprint density at radius 3 is 2.15 bits per heavy atom. The Kier molecular flexibility index (Phi) is 11.9. The van der Waals surface area contributed by atoms with Gasteiger partial charge in [-0.25, -0.2) is 0 Å².